The highest BCUT2D eigenvalue weighted by molar-refractivity contribution is 5.97. The summed E-state index contributed by atoms with van der Waals surface area (Å²) in [5.74, 6) is -6.77. The Hall–Kier alpha value is -7.02. The van der Waals surface area contributed by atoms with E-state index < -0.39 is 125 Å². The molecule has 472 valence electrons. The molecule has 24 heteroatoms. The molecule has 0 spiro atoms. The van der Waals surface area contributed by atoms with Crippen LogP contribution in [0, 0.1) is 23.0 Å². The summed E-state index contributed by atoms with van der Waals surface area (Å²) in [4.78, 5) is 112. The second-order valence-electron chi connectivity index (χ2n) is 24.2. The van der Waals surface area contributed by atoms with Crippen molar-refractivity contribution in [1.29, 1.82) is 0 Å². The number of aliphatic hydroxyl groups excluding tert-OH is 1. The molecule has 0 unspecified atom stereocenters. The smallest absolute Gasteiger partial charge is 0.407 e. The zero-order valence-electron chi connectivity index (χ0n) is 51.4. The topological polar surface area (TPSA) is 274 Å². The van der Waals surface area contributed by atoms with Gasteiger partial charge in [-0.05, 0) is 102 Å². The Kier molecular flexibility index (Phi) is 27.4. The minimum absolute atomic E-state index is 0.00411. The number of carbonyl (C=O) groups is 8. The van der Waals surface area contributed by atoms with Gasteiger partial charge in [-0.15, -0.1) is 0 Å². The first-order valence-corrected chi connectivity index (χ1v) is 28.9. The number of esters is 1. The molecule has 2 aromatic carbocycles. The number of aliphatic hydroxyl groups is 1. The number of carbonyl (C=O) groups excluding carboxylic acids is 8. The summed E-state index contributed by atoms with van der Waals surface area (Å²) in [5.41, 5.74) is -0.600. The van der Waals surface area contributed by atoms with Gasteiger partial charge in [0.2, 0.25) is 35.4 Å². The number of aromatic nitrogens is 1. The van der Waals surface area contributed by atoms with E-state index in [1.54, 1.807) is 67.7 Å². The lowest BCUT2D eigenvalue weighted by Gasteiger charge is -2.41. The number of alkyl carbamates (subject to hydrolysis) is 1. The number of rotatable bonds is 31. The number of halogens is 2. The number of ether oxygens (including phenoxy) is 5. The highest BCUT2D eigenvalue weighted by Crippen LogP contribution is 2.41. The highest BCUT2D eigenvalue weighted by Gasteiger charge is 2.42. The SMILES string of the molecule is CNC(=O)[C@H](CCN(C(=O)CO)[C@@H](c1cc(-c2cc(F)ccc2F)cn1Cc1ccccc1)C(C)(C)C)NC(=O)[C@@H](NC(=O)[C@@H]1CCCN1C(=O)[C@H](CC(=O)OC(C)(C)C)NC(=O)CCOCCOCCOCCNC(=O)OC(C)(C)C)C(C)C. The van der Waals surface area contributed by atoms with Gasteiger partial charge in [0.1, 0.15) is 53.6 Å². The first-order valence-electron chi connectivity index (χ1n) is 28.9. The third-order valence-electron chi connectivity index (χ3n) is 13.4. The van der Waals surface area contributed by atoms with E-state index in [2.05, 4.69) is 26.6 Å². The summed E-state index contributed by atoms with van der Waals surface area (Å²) in [5, 5.41) is 23.7. The minimum Gasteiger partial charge on any atom is -0.460 e. The Morgan fingerprint density at radius 1 is 0.765 bits per heavy atom. The lowest BCUT2D eigenvalue weighted by atomic mass is 9.82. The zero-order valence-corrected chi connectivity index (χ0v) is 51.4. The molecule has 22 nitrogen and oxygen atoms in total. The number of likely N-dealkylation sites (N-methyl/N-ethyl adjacent to an activating group) is 1. The second-order valence-corrected chi connectivity index (χ2v) is 24.2. The summed E-state index contributed by atoms with van der Waals surface area (Å²) in [7, 11) is 1.37. The molecule has 2 heterocycles. The van der Waals surface area contributed by atoms with Gasteiger partial charge in [-0.25, -0.2) is 13.6 Å². The van der Waals surface area contributed by atoms with Crippen LogP contribution in [0.1, 0.15) is 126 Å². The Labute approximate surface area is 498 Å². The van der Waals surface area contributed by atoms with Crippen LogP contribution in [0.15, 0.2) is 60.8 Å². The Morgan fingerprint density at radius 3 is 2.00 bits per heavy atom. The molecule has 4 rings (SSSR count). The van der Waals surface area contributed by atoms with Gasteiger partial charge in [-0.1, -0.05) is 65.0 Å². The van der Waals surface area contributed by atoms with Crippen molar-refractivity contribution in [2.75, 3.05) is 72.9 Å². The van der Waals surface area contributed by atoms with Crippen molar-refractivity contribution in [1.82, 2.24) is 41.0 Å². The highest BCUT2D eigenvalue weighted by atomic mass is 19.1. The van der Waals surface area contributed by atoms with Crippen molar-refractivity contribution in [3.63, 3.8) is 0 Å². The predicted molar refractivity (Wildman–Crippen MR) is 312 cm³/mol. The third-order valence-corrected chi connectivity index (χ3v) is 13.4. The lowest BCUT2D eigenvalue weighted by Crippen LogP contribution is -2.59. The molecule has 0 bridgehead atoms. The molecule has 5 atom stereocenters. The van der Waals surface area contributed by atoms with Crippen molar-refractivity contribution in [2.24, 2.45) is 11.3 Å². The fourth-order valence-corrected chi connectivity index (χ4v) is 9.62. The number of amides is 7. The molecule has 1 fully saturated rings. The Bertz CT molecular complexity index is 2710. The van der Waals surface area contributed by atoms with Crippen LogP contribution in [-0.4, -0.2) is 175 Å². The molecular weight excluding hydrogens is 1110 g/mol. The van der Waals surface area contributed by atoms with Crippen molar-refractivity contribution in [3.8, 4) is 11.1 Å². The molecule has 6 N–H and O–H groups in total. The molecule has 85 heavy (non-hydrogen) atoms. The van der Waals surface area contributed by atoms with Gasteiger partial charge < -0.3 is 69.7 Å². The van der Waals surface area contributed by atoms with Gasteiger partial charge in [0.25, 0.3) is 0 Å². The molecule has 1 saturated heterocycles. The van der Waals surface area contributed by atoms with E-state index in [9.17, 15) is 47.9 Å². The summed E-state index contributed by atoms with van der Waals surface area (Å²) < 4.78 is 59.0. The standard InChI is InChI=1S/C61H90F2N8O14/c1-39(2)52(68-55(77)47-19-16-25-70(47)57(79)46(35-51(75)84-60(6,7)8)66-49(73)23-27-81-29-31-83-32-30-82-28-24-65-58(80)85-61(9,10)11)56(78)67-45(54(76)64-12)22-26-71(50(74)38-72)53(59(3,4)5)48-33-41(43-34-42(62)20-21-44(43)63)37-69(48)36-40-17-14-13-15-18-40/h13-15,17-18,20-21,33-34,37,39,45-47,52-53,72H,16,19,22-32,35-36,38H2,1-12H3,(H,64,76)(H,65,80)(H,66,73)(H,67,78)(H,68,77)/t45-,46-,47-,52-,53-/m0/s1. The molecule has 1 aliphatic heterocycles. The molecule has 3 aromatic rings. The quantitative estimate of drug-likeness (QED) is 0.0352. The minimum atomic E-state index is -1.43. The van der Waals surface area contributed by atoms with Crippen LogP contribution >= 0.6 is 0 Å². The maximum atomic E-state index is 15.4. The van der Waals surface area contributed by atoms with Gasteiger partial charge in [0, 0.05) is 62.7 Å². The molecule has 0 aliphatic carbocycles. The number of hydrogen-bond donors (Lipinski definition) is 6. The second kappa shape index (κ2) is 33.0. The van der Waals surface area contributed by atoms with Crippen LogP contribution in [0.25, 0.3) is 11.1 Å². The van der Waals surface area contributed by atoms with Gasteiger partial charge in [0.05, 0.1) is 52.1 Å². The number of nitrogens with one attached hydrogen (secondary N) is 5. The van der Waals surface area contributed by atoms with Crippen LogP contribution in [0.5, 0.6) is 0 Å². The fraction of sp³-hybridized carbons (Fsp3) is 0.607. The van der Waals surface area contributed by atoms with E-state index in [0.29, 0.717) is 17.7 Å². The zero-order chi connectivity index (χ0) is 63.2. The predicted octanol–water partition coefficient (Wildman–Crippen LogP) is 5.32. The number of hydrogen-bond acceptors (Lipinski definition) is 14. The summed E-state index contributed by atoms with van der Waals surface area (Å²) in [6.45, 7) is 19.8. The molecule has 0 saturated carbocycles. The Balaban J connectivity index is 1.45. The van der Waals surface area contributed by atoms with Crippen molar-refractivity contribution in [3.05, 3.63) is 83.7 Å². The van der Waals surface area contributed by atoms with E-state index in [4.69, 9.17) is 23.7 Å². The molecule has 0 radical (unpaired) electrons. The van der Waals surface area contributed by atoms with Crippen molar-refractivity contribution >= 4 is 47.5 Å². The fourth-order valence-electron chi connectivity index (χ4n) is 9.62. The van der Waals surface area contributed by atoms with Crippen LogP contribution < -0.4 is 26.6 Å². The normalized spacial score (nSPS) is 15.1. The maximum absolute atomic E-state index is 15.4. The third kappa shape index (κ3) is 23.4. The van der Waals surface area contributed by atoms with Gasteiger partial charge in [-0.2, -0.15) is 0 Å². The summed E-state index contributed by atoms with van der Waals surface area (Å²) in [6.07, 6.45) is 0.776. The molecular formula is C61H90F2N8O14. The van der Waals surface area contributed by atoms with Crippen LogP contribution in [-0.2, 0) is 63.8 Å². The first-order chi connectivity index (χ1) is 39.9. The van der Waals surface area contributed by atoms with Crippen molar-refractivity contribution < 1.29 is 75.9 Å². The van der Waals surface area contributed by atoms with E-state index >= 15 is 4.39 Å². The number of likely N-dealkylation sites (tertiary alicyclic amines) is 1. The van der Waals surface area contributed by atoms with Gasteiger partial charge in [-0.3, -0.25) is 33.6 Å². The van der Waals surface area contributed by atoms with Crippen LogP contribution in [0.4, 0.5) is 13.6 Å². The largest absolute Gasteiger partial charge is 0.460 e. The average molecular weight is 1200 g/mol. The Morgan fingerprint density at radius 2 is 1.40 bits per heavy atom. The van der Waals surface area contributed by atoms with E-state index in [0.717, 1.165) is 23.8 Å². The van der Waals surface area contributed by atoms with E-state index in [1.165, 1.54) is 16.8 Å². The maximum Gasteiger partial charge on any atom is 0.407 e. The first kappa shape index (κ1) is 70.5. The van der Waals surface area contributed by atoms with E-state index in [-0.39, 0.29) is 90.6 Å². The average Bonchev–Trinajstić information content (AvgIpc) is 4.33. The lowest BCUT2D eigenvalue weighted by molar-refractivity contribution is -0.157. The molecule has 1 aliphatic rings. The van der Waals surface area contributed by atoms with Crippen molar-refractivity contribution in [2.45, 2.75) is 156 Å². The summed E-state index contributed by atoms with van der Waals surface area (Å²) in [6, 6.07) is 8.23. The number of benzene rings is 2. The molecule has 7 amide bonds. The van der Waals surface area contributed by atoms with Crippen LogP contribution in [0.3, 0.4) is 0 Å². The molecule has 1 aromatic heterocycles. The monoisotopic (exact) mass is 1200 g/mol. The van der Waals surface area contributed by atoms with Gasteiger partial charge >= 0.3 is 12.1 Å². The van der Waals surface area contributed by atoms with E-state index in [1.807, 2.05) is 55.7 Å². The summed E-state index contributed by atoms with van der Waals surface area (Å²) >= 11 is 0. The van der Waals surface area contributed by atoms with Crippen LogP contribution in [0.2, 0.25) is 0 Å². The van der Waals surface area contributed by atoms with Gasteiger partial charge in [0.15, 0.2) is 0 Å². The number of nitrogens with zero attached hydrogens (tertiary/aromatic N) is 3.